The highest BCUT2D eigenvalue weighted by molar-refractivity contribution is 5.76. The van der Waals surface area contributed by atoms with E-state index in [9.17, 15) is 4.79 Å². The summed E-state index contributed by atoms with van der Waals surface area (Å²) in [7, 11) is 0. The molecule has 0 amide bonds. The van der Waals surface area contributed by atoms with Crippen LogP contribution in [0.15, 0.2) is 0 Å². The lowest BCUT2D eigenvalue weighted by molar-refractivity contribution is -0.397. The lowest BCUT2D eigenvalue weighted by Gasteiger charge is -2.28. The molecule has 1 atom stereocenters. The van der Waals surface area contributed by atoms with Gasteiger partial charge in [0, 0.05) is 0 Å². The van der Waals surface area contributed by atoms with Crippen LogP contribution >= 0.6 is 0 Å². The zero-order valence-corrected chi connectivity index (χ0v) is 9.59. The molecular weight excluding hydrogens is 184 g/mol. The number of carboxylic acid groups (broad SMARTS) is 1. The summed E-state index contributed by atoms with van der Waals surface area (Å²) in [6, 6.07) is 0. The van der Waals surface area contributed by atoms with Gasteiger partial charge in [-0.05, 0) is 33.6 Å². The molecule has 0 saturated heterocycles. The van der Waals surface area contributed by atoms with Gasteiger partial charge in [0.1, 0.15) is 0 Å². The first kappa shape index (κ1) is 13.4. The Morgan fingerprint density at radius 2 is 1.64 bits per heavy atom. The van der Waals surface area contributed by atoms with Crippen LogP contribution in [0.5, 0.6) is 0 Å². The summed E-state index contributed by atoms with van der Waals surface area (Å²) in [5.41, 5.74) is -1.71. The second kappa shape index (κ2) is 4.75. The fourth-order valence-corrected chi connectivity index (χ4v) is 0.509. The minimum atomic E-state index is -1.26. The van der Waals surface area contributed by atoms with Gasteiger partial charge in [0.2, 0.25) is 0 Å². The van der Waals surface area contributed by atoms with Crippen LogP contribution < -0.4 is 0 Å². The third-order valence-electron chi connectivity index (χ3n) is 2.43. The zero-order chi connectivity index (χ0) is 11.4. The van der Waals surface area contributed by atoms with E-state index in [4.69, 9.17) is 14.9 Å². The van der Waals surface area contributed by atoms with Gasteiger partial charge in [0.25, 0.3) is 0 Å². The summed E-state index contributed by atoms with van der Waals surface area (Å²) in [6.07, 6.45) is 1.12. The Morgan fingerprint density at radius 3 is 1.93 bits per heavy atom. The Hall–Kier alpha value is -0.610. The fourth-order valence-electron chi connectivity index (χ4n) is 0.509. The largest absolute Gasteiger partial charge is 0.479 e. The van der Waals surface area contributed by atoms with Gasteiger partial charge in [0.05, 0.1) is 5.60 Å². The van der Waals surface area contributed by atoms with E-state index in [0.717, 1.165) is 6.42 Å². The molecule has 1 unspecified atom stereocenters. The van der Waals surface area contributed by atoms with Gasteiger partial charge in [-0.1, -0.05) is 13.8 Å². The van der Waals surface area contributed by atoms with E-state index in [1.165, 1.54) is 6.92 Å². The molecule has 0 aromatic heterocycles. The van der Waals surface area contributed by atoms with Gasteiger partial charge in [-0.15, -0.1) is 0 Å². The molecule has 0 bridgehead atoms. The van der Waals surface area contributed by atoms with Gasteiger partial charge in [0.15, 0.2) is 5.60 Å². The second-order valence-corrected chi connectivity index (χ2v) is 4.17. The van der Waals surface area contributed by atoms with E-state index in [0.29, 0.717) is 6.42 Å². The Morgan fingerprint density at radius 1 is 1.14 bits per heavy atom. The van der Waals surface area contributed by atoms with E-state index >= 15 is 0 Å². The number of carbonyl (C=O) groups is 1. The molecular formula is C10H20O4. The van der Waals surface area contributed by atoms with Gasteiger partial charge in [-0.3, -0.25) is 0 Å². The summed E-state index contributed by atoms with van der Waals surface area (Å²) in [5, 5.41) is 8.90. The summed E-state index contributed by atoms with van der Waals surface area (Å²) < 4.78 is 0. The molecule has 0 aliphatic rings. The number of carboxylic acids is 1. The Labute approximate surface area is 85.1 Å². The molecule has 14 heavy (non-hydrogen) atoms. The standard InChI is InChI=1S/C10H20O4/c1-6-9(3,4)13-14-10(5,7-2)8(11)12/h6-7H2,1-5H3,(H,11,12). The number of rotatable bonds is 6. The molecule has 0 heterocycles. The molecule has 0 aromatic carbocycles. The summed E-state index contributed by atoms with van der Waals surface area (Å²) >= 11 is 0. The maximum Gasteiger partial charge on any atom is 0.339 e. The van der Waals surface area contributed by atoms with Crippen molar-refractivity contribution in [2.24, 2.45) is 0 Å². The van der Waals surface area contributed by atoms with E-state index in [-0.39, 0.29) is 0 Å². The van der Waals surface area contributed by atoms with Crippen LogP contribution in [0.1, 0.15) is 47.5 Å². The summed E-state index contributed by atoms with van der Waals surface area (Å²) in [5.74, 6) is -1.01. The van der Waals surface area contributed by atoms with Crippen molar-refractivity contribution in [3.05, 3.63) is 0 Å². The highest BCUT2D eigenvalue weighted by Gasteiger charge is 2.35. The highest BCUT2D eigenvalue weighted by Crippen LogP contribution is 2.22. The molecule has 4 nitrogen and oxygen atoms in total. The molecule has 0 rings (SSSR count). The van der Waals surface area contributed by atoms with Crippen LogP contribution in [0.3, 0.4) is 0 Å². The zero-order valence-electron chi connectivity index (χ0n) is 9.59. The van der Waals surface area contributed by atoms with Crippen molar-refractivity contribution in [1.29, 1.82) is 0 Å². The topological polar surface area (TPSA) is 55.8 Å². The van der Waals surface area contributed by atoms with Crippen molar-refractivity contribution in [3.63, 3.8) is 0 Å². The first-order valence-electron chi connectivity index (χ1n) is 4.87. The van der Waals surface area contributed by atoms with Crippen molar-refractivity contribution in [3.8, 4) is 0 Å². The van der Waals surface area contributed by atoms with E-state index < -0.39 is 17.2 Å². The van der Waals surface area contributed by atoms with Crippen LogP contribution in [-0.2, 0) is 14.6 Å². The van der Waals surface area contributed by atoms with Crippen LogP contribution in [0, 0.1) is 0 Å². The van der Waals surface area contributed by atoms with Crippen LogP contribution in [0.2, 0.25) is 0 Å². The molecule has 4 heteroatoms. The van der Waals surface area contributed by atoms with Gasteiger partial charge in [-0.25, -0.2) is 14.6 Å². The average Bonchev–Trinajstić information content (AvgIpc) is 2.14. The predicted molar refractivity (Wildman–Crippen MR) is 52.9 cm³/mol. The van der Waals surface area contributed by atoms with E-state index in [1.807, 2.05) is 20.8 Å². The van der Waals surface area contributed by atoms with Gasteiger partial charge < -0.3 is 5.11 Å². The van der Waals surface area contributed by atoms with Crippen LogP contribution in [0.25, 0.3) is 0 Å². The van der Waals surface area contributed by atoms with Crippen molar-refractivity contribution in [2.45, 2.75) is 58.7 Å². The molecule has 0 saturated carbocycles. The van der Waals surface area contributed by atoms with E-state index in [1.54, 1.807) is 6.92 Å². The van der Waals surface area contributed by atoms with Gasteiger partial charge in [-0.2, -0.15) is 0 Å². The maximum atomic E-state index is 10.9. The third-order valence-corrected chi connectivity index (χ3v) is 2.43. The van der Waals surface area contributed by atoms with Crippen LogP contribution in [-0.4, -0.2) is 22.3 Å². The first-order valence-corrected chi connectivity index (χ1v) is 4.87. The molecule has 0 fully saturated rings. The van der Waals surface area contributed by atoms with Crippen LogP contribution in [0.4, 0.5) is 0 Å². The Balaban J connectivity index is 4.29. The molecule has 0 aliphatic carbocycles. The molecule has 1 N–H and O–H groups in total. The smallest absolute Gasteiger partial charge is 0.339 e. The molecule has 0 radical (unpaired) electrons. The number of hydrogen-bond acceptors (Lipinski definition) is 3. The van der Waals surface area contributed by atoms with Crippen molar-refractivity contribution in [1.82, 2.24) is 0 Å². The van der Waals surface area contributed by atoms with E-state index in [2.05, 4.69) is 0 Å². The Bertz CT molecular complexity index is 200. The SMILES string of the molecule is CCC(C)(C)OOC(C)(CC)C(=O)O. The third kappa shape index (κ3) is 3.64. The lowest BCUT2D eigenvalue weighted by Crippen LogP contribution is -2.40. The van der Waals surface area contributed by atoms with Crippen molar-refractivity contribution >= 4 is 5.97 Å². The van der Waals surface area contributed by atoms with Crippen molar-refractivity contribution in [2.75, 3.05) is 0 Å². The molecule has 0 aliphatic heterocycles. The monoisotopic (exact) mass is 204 g/mol. The molecule has 84 valence electrons. The minimum Gasteiger partial charge on any atom is -0.479 e. The molecule has 0 aromatic rings. The normalized spacial score (nSPS) is 16.4. The number of hydrogen-bond donors (Lipinski definition) is 1. The minimum absolute atomic E-state index is 0.363. The second-order valence-electron chi connectivity index (χ2n) is 4.17. The molecule has 0 spiro atoms. The Kier molecular flexibility index (Phi) is 4.55. The lowest BCUT2D eigenvalue weighted by atomic mass is 10.0. The average molecular weight is 204 g/mol. The maximum absolute atomic E-state index is 10.9. The number of aliphatic carboxylic acids is 1. The predicted octanol–water partition coefficient (Wildman–Crippen LogP) is 2.38. The summed E-state index contributed by atoms with van der Waals surface area (Å²) in [6.45, 7) is 8.90. The highest BCUT2D eigenvalue weighted by atomic mass is 17.2. The fraction of sp³-hybridized carbons (Fsp3) is 0.900. The van der Waals surface area contributed by atoms with Crippen molar-refractivity contribution < 1.29 is 19.7 Å². The first-order chi connectivity index (χ1) is 6.27. The summed E-state index contributed by atoms with van der Waals surface area (Å²) in [4.78, 5) is 21.0. The van der Waals surface area contributed by atoms with Gasteiger partial charge >= 0.3 is 5.97 Å². The quantitative estimate of drug-likeness (QED) is 0.533.